The van der Waals surface area contributed by atoms with Crippen LogP contribution in [0.25, 0.3) is 0 Å². The Morgan fingerprint density at radius 2 is 2.11 bits per heavy atom. The molecule has 0 aliphatic rings. The Hall–Kier alpha value is -1.10. The molecule has 0 atom stereocenters. The molecule has 1 heterocycles. The number of carbonyl (C=O) groups excluding carboxylic acids is 1. The van der Waals surface area contributed by atoms with Crippen molar-refractivity contribution in [1.82, 2.24) is 5.32 Å². The summed E-state index contributed by atoms with van der Waals surface area (Å²) >= 11 is 13.1. The molecule has 0 radical (unpaired) electrons. The van der Waals surface area contributed by atoms with Gasteiger partial charge in [-0.2, -0.15) is 0 Å². The van der Waals surface area contributed by atoms with Gasteiger partial charge in [0.05, 0.1) is 15.6 Å². The van der Waals surface area contributed by atoms with Crippen LogP contribution in [0.2, 0.25) is 10.0 Å². The summed E-state index contributed by atoms with van der Waals surface area (Å²) in [5.41, 5.74) is 0.0924. The lowest BCUT2D eigenvalue weighted by molar-refractivity contribution is 0.0954. The fraction of sp³-hybridized carbons (Fsp3) is 0.154. The van der Waals surface area contributed by atoms with E-state index >= 15 is 0 Å². The number of halogens is 3. The molecule has 0 unspecified atom stereocenters. The third kappa shape index (κ3) is 3.69. The highest BCUT2D eigenvalue weighted by molar-refractivity contribution is 7.09. The number of benzene rings is 1. The van der Waals surface area contributed by atoms with Crippen LogP contribution in [-0.2, 0) is 6.42 Å². The van der Waals surface area contributed by atoms with Gasteiger partial charge in [-0.25, -0.2) is 4.39 Å². The van der Waals surface area contributed by atoms with E-state index in [1.165, 1.54) is 10.9 Å². The van der Waals surface area contributed by atoms with Gasteiger partial charge >= 0.3 is 0 Å². The van der Waals surface area contributed by atoms with Crippen molar-refractivity contribution in [3.05, 3.63) is 55.9 Å². The Morgan fingerprint density at radius 1 is 1.32 bits per heavy atom. The first-order chi connectivity index (χ1) is 9.08. The predicted octanol–water partition coefficient (Wildman–Crippen LogP) is 4.17. The molecule has 0 aliphatic carbocycles. The lowest BCUT2D eigenvalue weighted by atomic mass is 10.2. The van der Waals surface area contributed by atoms with Gasteiger partial charge in [0.25, 0.3) is 5.91 Å². The van der Waals surface area contributed by atoms with E-state index in [0.717, 1.165) is 12.5 Å². The normalized spacial score (nSPS) is 10.5. The van der Waals surface area contributed by atoms with Crippen molar-refractivity contribution in [2.75, 3.05) is 6.54 Å². The smallest absolute Gasteiger partial charge is 0.252 e. The predicted molar refractivity (Wildman–Crippen MR) is 76.8 cm³/mol. The summed E-state index contributed by atoms with van der Waals surface area (Å²) < 4.78 is 13.3. The van der Waals surface area contributed by atoms with Crippen molar-refractivity contribution in [3.63, 3.8) is 0 Å². The fourth-order valence-corrected chi connectivity index (χ4v) is 2.72. The van der Waals surface area contributed by atoms with Crippen LogP contribution >= 0.6 is 34.5 Å². The molecular formula is C13H10Cl2FNOS. The third-order valence-electron chi connectivity index (χ3n) is 2.49. The van der Waals surface area contributed by atoms with Gasteiger partial charge in [-0.1, -0.05) is 29.3 Å². The first-order valence-electron chi connectivity index (χ1n) is 5.53. The van der Waals surface area contributed by atoms with E-state index in [-0.39, 0.29) is 15.6 Å². The quantitative estimate of drug-likeness (QED) is 0.843. The van der Waals surface area contributed by atoms with Gasteiger partial charge in [0.15, 0.2) is 0 Å². The molecule has 2 nitrogen and oxygen atoms in total. The average molecular weight is 318 g/mol. The van der Waals surface area contributed by atoms with E-state index < -0.39 is 11.7 Å². The van der Waals surface area contributed by atoms with E-state index in [2.05, 4.69) is 5.32 Å². The van der Waals surface area contributed by atoms with E-state index in [9.17, 15) is 9.18 Å². The molecule has 19 heavy (non-hydrogen) atoms. The van der Waals surface area contributed by atoms with Gasteiger partial charge in [-0.05, 0) is 30.0 Å². The summed E-state index contributed by atoms with van der Waals surface area (Å²) in [7, 11) is 0. The highest BCUT2D eigenvalue weighted by Gasteiger charge is 2.13. The Morgan fingerprint density at radius 3 is 2.79 bits per heavy atom. The molecule has 0 aliphatic heterocycles. The van der Waals surface area contributed by atoms with Crippen molar-refractivity contribution >= 4 is 40.4 Å². The maximum absolute atomic E-state index is 13.3. The molecule has 100 valence electrons. The highest BCUT2D eigenvalue weighted by atomic mass is 35.5. The zero-order valence-electron chi connectivity index (χ0n) is 9.75. The third-order valence-corrected chi connectivity index (χ3v) is 4.03. The minimum absolute atomic E-state index is 0.0924. The summed E-state index contributed by atoms with van der Waals surface area (Å²) in [6.07, 6.45) is 0.733. The summed E-state index contributed by atoms with van der Waals surface area (Å²) in [4.78, 5) is 13.0. The molecule has 0 fully saturated rings. The molecule has 2 rings (SSSR count). The zero-order chi connectivity index (χ0) is 13.8. The van der Waals surface area contributed by atoms with Gasteiger partial charge < -0.3 is 5.32 Å². The van der Waals surface area contributed by atoms with Crippen LogP contribution in [0, 0.1) is 5.82 Å². The van der Waals surface area contributed by atoms with Crippen LogP contribution < -0.4 is 5.32 Å². The Balaban J connectivity index is 1.98. The molecule has 1 aromatic carbocycles. The van der Waals surface area contributed by atoms with Crippen molar-refractivity contribution < 1.29 is 9.18 Å². The molecule has 0 saturated heterocycles. The molecule has 0 saturated carbocycles. The second-order valence-electron chi connectivity index (χ2n) is 3.83. The number of hydrogen-bond donors (Lipinski definition) is 1. The zero-order valence-corrected chi connectivity index (χ0v) is 12.1. The van der Waals surface area contributed by atoms with Crippen LogP contribution in [0.15, 0.2) is 29.6 Å². The van der Waals surface area contributed by atoms with Crippen molar-refractivity contribution in [1.29, 1.82) is 0 Å². The lowest BCUT2D eigenvalue weighted by Crippen LogP contribution is -2.25. The standard InChI is InChI=1S/C13H10Cl2FNOS/c14-10-7-11(15)12(16)6-9(10)13(18)17-4-3-8-2-1-5-19-8/h1-2,5-7H,3-4H2,(H,17,18). The number of hydrogen-bond acceptors (Lipinski definition) is 2. The highest BCUT2D eigenvalue weighted by Crippen LogP contribution is 2.24. The Labute approximate surface area is 124 Å². The second-order valence-corrected chi connectivity index (χ2v) is 5.68. The monoisotopic (exact) mass is 317 g/mol. The molecular weight excluding hydrogens is 308 g/mol. The van der Waals surface area contributed by atoms with Crippen molar-refractivity contribution in [3.8, 4) is 0 Å². The van der Waals surface area contributed by atoms with Gasteiger partial charge in [-0.3, -0.25) is 4.79 Å². The van der Waals surface area contributed by atoms with E-state index in [4.69, 9.17) is 23.2 Å². The molecule has 2 aromatic rings. The maximum atomic E-state index is 13.3. The maximum Gasteiger partial charge on any atom is 0.252 e. The molecule has 6 heteroatoms. The molecule has 1 aromatic heterocycles. The fourth-order valence-electron chi connectivity index (χ4n) is 1.55. The van der Waals surface area contributed by atoms with Gasteiger partial charge in [0, 0.05) is 11.4 Å². The van der Waals surface area contributed by atoms with E-state index in [1.807, 2.05) is 17.5 Å². The first kappa shape index (κ1) is 14.3. The van der Waals surface area contributed by atoms with E-state index in [1.54, 1.807) is 11.3 Å². The van der Waals surface area contributed by atoms with Gasteiger partial charge in [0.2, 0.25) is 0 Å². The van der Waals surface area contributed by atoms with Gasteiger partial charge in [0.1, 0.15) is 5.82 Å². The Bertz CT molecular complexity index is 587. The number of nitrogens with one attached hydrogen (secondary N) is 1. The summed E-state index contributed by atoms with van der Waals surface area (Å²) in [6.45, 7) is 0.472. The van der Waals surface area contributed by atoms with Crippen LogP contribution in [0.3, 0.4) is 0 Å². The van der Waals surface area contributed by atoms with Gasteiger partial charge in [-0.15, -0.1) is 11.3 Å². The summed E-state index contributed by atoms with van der Waals surface area (Å²) in [5, 5.41) is 4.71. The molecule has 1 N–H and O–H groups in total. The molecule has 0 spiro atoms. The van der Waals surface area contributed by atoms with Crippen molar-refractivity contribution in [2.24, 2.45) is 0 Å². The summed E-state index contributed by atoms with van der Waals surface area (Å²) in [6, 6.07) is 6.22. The summed E-state index contributed by atoms with van der Waals surface area (Å²) in [5.74, 6) is -1.06. The minimum atomic E-state index is -0.658. The molecule has 0 bridgehead atoms. The Kier molecular flexibility index (Phi) is 4.80. The van der Waals surface area contributed by atoms with Crippen LogP contribution in [-0.4, -0.2) is 12.5 Å². The van der Waals surface area contributed by atoms with Crippen molar-refractivity contribution in [2.45, 2.75) is 6.42 Å². The minimum Gasteiger partial charge on any atom is -0.352 e. The van der Waals surface area contributed by atoms with E-state index in [0.29, 0.717) is 6.54 Å². The SMILES string of the molecule is O=C(NCCc1cccs1)c1cc(F)c(Cl)cc1Cl. The average Bonchev–Trinajstić information content (AvgIpc) is 2.86. The van der Waals surface area contributed by atoms with Crippen LogP contribution in [0.1, 0.15) is 15.2 Å². The second kappa shape index (κ2) is 6.37. The van der Waals surface area contributed by atoms with Crippen LogP contribution in [0.4, 0.5) is 4.39 Å². The van der Waals surface area contributed by atoms with Crippen LogP contribution in [0.5, 0.6) is 0 Å². The number of carbonyl (C=O) groups is 1. The topological polar surface area (TPSA) is 29.1 Å². The number of rotatable bonds is 4. The largest absolute Gasteiger partial charge is 0.352 e. The molecule has 1 amide bonds. The first-order valence-corrected chi connectivity index (χ1v) is 7.16. The number of amides is 1. The lowest BCUT2D eigenvalue weighted by Gasteiger charge is -2.07. The number of thiophene rings is 1.